The molecule has 2 rings (SSSR count). The van der Waals surface area contributed by atoms with E-state index in [-0.39, 0.29) is 11.8 Å². The highest BCUT2D eigenvalue weighted by Gasteiger charge is 2.05. The van der Waals surface area contributed by atoms with E-state index >= 15 is 0 Å². The van der Waals surface area contributed by atoms with Crippen molar-refractivity contribution in [2.45, 2.75) is 12.8 Å². The molecule has 2 aromatic carbocycles. The molecule has 0 spiro atoms. The lowest BCUT2D eigenvalue weighted by Gasteiger charge is -2.08. The van der Waals surface area contributed by atoms with Gasteiger partial charge in [-0.15, -0.1) is 0 Å². The van der Waals surface area contributed by atoms with Crippen LogP contribution in [0.25, 0.3) is 0 Å². The van der Waals surface area contributed by atoms with Gasteiger partial charge >= 0.3 is 0 Å². The third-order valence-corrected chi connectivity index (χ3v) is 4.21. The molecule has 0 aliphatic rings. The molecule has 2 N–H and O–H groups in total. The standard InChI is InChI=1S/C19H20BrClN2O3/c20-15-3-1-4-17(13-15)26-12-11-22-18(24)5-2-10-23-19(25)14-6-8-16(21)9-7-14/h1,3-4,6-9,13H,2,5,10-12H2,(H,22,24)(H,23,25). The fraction of sp³-hybridized carbons (Fsp3) is 0.263. The first-order valence-electron chi connectivity index (χ1n) is 8.23. The largest absolute Gasteiger partial charge is 0.492 e. The first-order chi connectivity index (χ1) is 12.5. The van der Waals surface area contributed by atoms with Gasteiger partial charge in [-0.3, -0.25) is 9.59 Å². The Labute approximate surface area is 166 Å². The van der Waals surface area contributed by atoms with Crippen LogP contribution in [0.15, 0.2) is 53.0 Å². The second kappa shape index (κ2) is 10.8. The van der Waals surface area contributed by atoms with E-state index in [0.29, 0.717) is 43.1 Å². The summed E-state index contributed by atoms with van der Waals surface area (Å²) in [6, 6.07) is 14.2. The number of rotatable bonds is 9. The Morgan fingerprint density at radius 2 is 1.81 bits per heavy atom. The van der Waals surface area contributed by atoms with E-state index in [1.54, 1.807) is 24.3 Å². The van der Waals surface area contributed by atoms with E-state index in [2.05, 4.69) is 26.6 Å². The van der Waals surface area contributed by atoms with E-state index in [1.807, 2.05) is 24.3 Å². The molecule has 26 heavy (non-hydrogen) atoms. The predicted octanol–water partition coefficient (Wildman–Crippen LogP) is 3.81. The van der Waals surface area contributed by atoms with Gasteiger partial charge in [-0.05, 0) is 48.9 Å². The summed E-state index contributed by atoms with van der Waals surface area (Å²) >= 11 is 9.16. The molecule has 0 fully saturated rings. The zero-order valence-corrected chi connectivity index (χ0v) is 16.5. The predicted molar refractivity (Wildman–Crippen MR) is 106 cm³/mol. The molecule has 5 nitrogen and oxygen atoms in total. The van der Waals surface area contributed by atoms with Crippen LogP contribution >= 0.6 is 27.5 Å². The summed E-state index contributed by atoms with van der Waals surface area (Å²) in [6.07, 6.45) is 0.912. The van der Waals surface area contributed by atoms with Crippen LogP contribution in [0.3, 0.4) is 0 Å². The van der Waals surface area contributed by atoms with Crippen molar-refractivity contribution >= 4 is 39.3 Å². The minimum atomic E-state index is -0.176. The number of ether oxygens (including phenoxy) is 1. The highest BCUT2D eigenvalue weighted by molar-refractivity contribution is 9.10. The fourth-order valence-corrected chi connectivity index (χ4v) is 2.66. The molecule has 0 aliphatic carbocycles. The summed E-state index contributed by atoms with van der Waals surface area (Å²) in [5.41, 5.74) is 0.545. The molecule has 0 radical (unpaired) electrons. The van der Waals surface area contributed by atoms with Gasteiger partial charge in [0.2, 0.25) is 5.91 Å². The second-order valence-corrected chi connectivity index (χ2v) is 6.87. The molecule has 7 heteroatoms. The van der Waals surface area contributed by atoms with Crippen LogP contribution in [-0.2, 0) is 4.79 Å². The van der Waals surface area contributed by atoms with Gasteiger partial charge < -0.3 is 15.4 Å². The van der Waals surface area contributed by atoms with Crippen molar-refractivity contribution in [1.82, 2.24) is 10.6 Å². The van der Waals surface area contributed by atoms with Crippen molar-refractivity contribution in [2.75, 3.05) is 19.7 Å². The first-order valence-corrected chi connectivity index (χ1v) is 9.40. The summed E-state index contributed by atoms with van der Waals surface area (Å²) in [7, 11) is 0. The number of carbonyl (C=O) groups excluding carboxylic acids is 2. The van der Waals surface area contributed by atoms with Crippen molar-refractivity contribution in [3.8, 4) is 5.75 Å². The number of nitrogens with one attached hydrogen (secondary N) is 2. The van der Waals surface area contributed by atoms with Crippen LogP contribution in [0, 0.1) is 0 Å². The van der Waals surface area contributed by atoms with Crippen molar-refractivity contribution in [2.24, 2.45) is 0 Å². The minimum Gasteiger partial charge on any atom is -0.492 e. The summed E-state index contributed by atoms with van der Waals surface area (Å²) in [5, 5.41) is 6.15. The molecule has 0 unspecified atom stereocenters. The van der Waals surface area contributed by atoms with Crippen LogP contribution in [0.2, 0.25) is 5.02 Å². The van der Waals surface area contributed by atoms with E-state index in [0.717, 1.165) is 10.2 Å². The number of carbonyl (C=O) groups is 2. The molecular formula is C19H20BrClN2O3. The molecule has 0 saturated heterocycles. The molecule has 0 aromatic heterocycles. The summed E-state index contributed by atoms with van der Waals surface area (Å²) < 4.78 is 6.48. The SMILES string of the molecule is O=C(CCCNC(=O)c1ccc(Cl)cc1)NCCOc1cccc(Br)c1. The van der Waals surface area contributed by atoms with Crippen molar-refractivity contribution < 1.29 is 14.3 Å². The van der Waals surface area contributed by atoms with Crippen LogP contribution < -0.4 is 15.4 Å². The summed E-state index contributed by atoms with van der Waals surface area (Å²) in [6.45, 7) is 1.27. The maximum absolute atomic E-state index is 11.9. The lowest BCUT2D eigenvalue weighted by Crippen LogP contribution is -2.29. The zero-order chi connectivity index (χ0) is 18.8. The quantitative estimate of drug-likeness (QED) is 0.584. The minimum absolute atomic E-state index is 0.0661. The number of benzene rings is 2. The second-order valence-electron chi connectivity index (χ2n) is 5.52. The average Bonchev–Trinajstić information content (AvgIpc) is 2.63. The van der Waals surface area contributed by atoms with Crippen molar-refractivity contribution in [3.05, 3.63) is 63.6 Å². The third-order valence-electron chi connectivity index (χ3n) is 3.46. The molecule has 2 amide bonds. The van der Waals surface area contributed by atoms with E-state index < -0.39 is 0 Å². The van der Waals surface area contributed by atoms with E-state index in [9.17, 15) is 9.59 Å². The Hall–Kier alpha value is -2.05. The van der Waals surface area contributed by atoms with E-state index in [4.69, 9.17) is 16.3 Å². The van der Waals surface area contributed by atoms with Crippen molar-refractivity contribution in [1.29, 1.82) is 0 Å². The number of hydrogen-bond donors (Lipinski definition) is 2. The highest BCUT2D eigenvalue weighted by Crippen LogP contribution is 2.17. The molecule has 0 atom stereocenters. The number of halogens is 2. The van der Waals surface area contributed by atoms with Crippen molar-refractivity contribution in [3.63, 3.8) is 0 Å². The Morgan fingerprint density at radius 1 is 1.04 bits per heavy atom. The van der Waals surface area contributed by atoms with E-state index in [1.165, 1.54) is 0 Å². The maximum Gasteiger partial charge on any atom is 0.251 e. The monoisotopic (exact) mass is 438 g/mol. The lowest BCUT2D eigenvalue weighted by atomic mass is 10.2. The molecule has 2 aromatic rings. The van der Waals surface area contributed by atoms with Gasteiger partial charge in [0.1, 0.15) is 12.4 Å². The van der Waals surface area contributed by atoms with Gasteiger partial charge in [-0.1, -0.05) is 33.6 Å². The Morgan fingerprint density at radius 3 is 2.54 bits per heavy atom. The highest BCUT2D eigenvalue weighted by atomic mass is 79.9. The van der Waals surface area contributed by atoms with Crippen LogP contribution in [0.5, 0.6) is 5.75 Å². The third kappa shape index (κ3) is 7.45. The average molecular weight is 440 g/mol. The number of hydrogen-bond acceptors (Lipinski definition) is 3. The lowest BCUT2D eigenvalue weighted by molar-refractivity contribution is -0.121. The molecule has 0 bridgehead atoms. The van der Waals surface area contributed by atoms with Crippen LogP contribution in [-0.4, -0.2) is 31.5 Å². The smallest absolute Gasteiger partial charge is 0.251 e. The zero-order valence-electron chi connectivity index (χ0n) is 14.1. The van der Waals surface area contributed by atoms with Gasteiger partial charge in [0.25, 0.3) is 5.91 Å². The molecule has 0 saturated carbocycles. The number of amides is 2. The summed E-state index contributed by atoms with van der Waals surface area (Å²) in [5.74, 6) is 0.506. The summed E-state index contributed by atoms with van der Waals surface area (Å²) in [4.78, 5) is 23.7. The molecule has 0 aliphatic heterocycles. The fourth-order valence-electron chi connectivity index (χ4n) is 2.16. The topological polar surface area (TPSA) is 67.4 Å². The first kappa shape index (κ1) is 20.3. The van der Waals surface area contributed by atoms with Crippen LogP contribution in [0.1, 0.15) is 23.2 Å². The Kier molecular flexibility index (Phi) is 8.44. The maximum atomic E-state index is 11.9. The van der Waals surface area contributed by atoms with Gasteiger partial charge in [-0.2, -0.15) is 0 Å². The molecule has 138 valence electrons. The Bertz CT molecular complexity index is 738. The van der Waals surface area contributed by atoms with Gasteiger partial charge in [0.15, 0.2) is 0 Å². The normalized spacial score (nSPS) is 10.2. The molecule has 0 heterocycles. The van der Waals surface area contributed by atoms with Gasteiger partial charge in [-0.25, -0.2) is 0 Å². The van der Waals surface area contributed by atoms with Crippen LogP contribution in [0.4, 0.5) is 0 Å². The van der Waals surface area contributed by atoms with Gasteiger partial charge in [0.05, 0.1) is 6.54 Å². The molecular weight excluding hydrogens is 420 g/mol. The van der Waals surface area contributed by atoms with Gasteiger partial charge in [0, 0.05) is 28.0 Å². The Balaban J connectivity index is 1.54.